The van der Waals surface area contributed by atoms with E-state index in [-0.39, 0.29) is 0 Å². The van der Waals surface area contributed by atoms with Gasteiger partial charge in [-0.05, 0) is 12.3 Å². The van der Waals surface area contributed by atoms with Crippen molar-refractivity contribution in [3.8, 4) is 0 Å². The summed E-state index contributed by atoms with van der Waals surface area (Å²) in [6, 6.07) is 0. The molecule has 10 heavy (non-hydrogen) atoms. The van der Waals surface area contributed by atoms with E-state index in [1.807, 2.05) is 0 Å². The lowest BCUT2D eigenvalue weighted by Crippen LogP contribution is -2.09. The van der Waals surface area contributed by atoms with Gasteiger partial charge in [0, 0.05) is 0 Å². The third kappa shape index (κ3) is 5.93. The minimum Gasteiger partial charge on any atom is -0.116 e. The summed E-state index contributed by atoms with van der Waals surface area (Å²) >= 11 is 0. The molecule has 0 saturated heterocycles. The molecule has 0 spiro atoms. The van der Waals surface area contributed by atoms with E-state index in [1.54, 1.807) is 0 Å². The Morgan fingerprint density at radius 3 is 2.20 bits per heavy atom. The molecule has 57 valence electrons. The van der Waals surface area contributed by atoms with E-state index in [9.17, 15) is 0 Å². The maximum absolute atomic E-state index is 2.29. The molecule has 0 saturated carbocycles. The summed E-state index contributed by atoms with van der Waals surface area (Å²) in [7, 11) is 2.29. The second kappa shape index (κ2) is 3.85. The number of hydrogen-bond acceptors (Lipinski definition) is 0. The van der Waals surface area contributed by atoms with Crippen LogP contribution in [-0.2, 0) is 0 Å². The van der Waals surface area contributed by atoms with E-state index in [1.165, 1.54) is 11.8 Å². The van der Waals surface area contributed by atoms with E-state index in [0.717, 1.165) is 0 Å². The van der Waals surface area contributed by atoms with Gasteiger partial charge in [0.1, 0.15) is 7.28 Å². The van der Waals surface area contributed by atoms with E-state index in [2.05, 4.69) is 48.0 Å². The largest absolute Gasteiger partial charge is 0.145 e. The first-order chi connectivity index (χ1) is 4.45. The number of hydrogen-bond donors (Lipinski definition) is 0. The third-order valence-corrected chi connectivity index (χ3v) is 1.49. The minimum atomic E-state index is 0.435. The van der Waals surface area contributed by atoms with Crippen molar-refractivity contribution in [2.45, 2.75) is 40.9 Å². The Kier molecular flexibility index (Phi) is 3.77. The van der Waals surface area contributed by atoms with Crippen molar-refractivity contribution in [3.63, 3.8) is 0 Å². The van der Waals surface area contributed by atoms with Gasteiger partial charge in [0.2, 0.25) is 0 Å². The van der Waals surface area contributed by atoms with Crippen LogP contribution in [0.5, 0.6) is 0 Å². The molecule has 0 aliphatic heterocycles. The molecule has 0 atom stereocenters. The van der Waals surface area contributed by atoms with E-state index < -0.39 is 0 Å². The predicted octanol–water partition coefficient (Wildman–Crippen LogP) is 3.08. The second-order valence-electron chi connectivity index (χ2n) is 4.00. The summed E-state index contributed by atoms with van der Waals surface area (Å²) in [6.07, 6.45) is 3.31. The van der Waals surface area contributed by atoms with Gasteiger partial charge in [-0.1, -0.05) is 40.1 Å². The lowest BCUT2D eigenvalue weighted by molar-refractivity contribution is 0.467. The van der Waals surface area contributed by atoms with Gasteiger partial charge in [0.15, 0.2) is 0 Å². The Bertz CT molecular complexity index is 117. The van der Waals surface area contributed by atoms with Gasteiger partial charge >= 0.3 is 0 Å². The number of rotatable bonds is 2. The lowest BCUT2D eigenvalue weighted by atomic mass is 9.60. The normalized spacial score (nSPS) is 13.5. The third-order valence-electron chi connectivity index (χ3n) is 1.49. The fourth-order valence-corrected chi connectivity index (χ4v) is 0.585. The monoisotopic (exact) mass is 137 g/mol. The van der Waals surface area contributed by atoms with Gasteiger partial charge in [-0.3, -0.25) is 0 Å². The first-order valence-corrected chi connectivity index (χ1v) is 3.92. The molecule has 0 unspecified atom stereocenters. The molecule has 0 nitrogen and oxygen atoms in total. The van der Waals surface area contributed by atoms with Crippen LogP contribution >= 0.6 is 0 Å². The SMILES string of the molecule is C/C=C(\C)[B]CC(C)(C)C. The van der Waals surface area contributed by atoms with Crippen LogP contribution in [0.3, 0.4) is 0 Å². The van der Waals surface area contributed by atoms with Crippen LogP contribution in [0.25, 0.3) is 0 Å². The fraction of sp³-hybridized carbons (Fsp3) is 0.778. The molecule has 0 rings (SSSR count). The van der Waals surface area contributed by atoms with Gasteiger partial charge in [-0.2, -0.15) is 0 Å². The molecule has 0 aliphatic carbocycles. The molecular weight excluding hydrogens is 119 g/mol. The highest BCUT2D eigenvalue weighted by Crippen LogP contribution is 2.19. The molecule has 1 radical (unpaired) electrons. The molecule has 0 N–H and O–H groups in total. The van der Waals surface area contributed by atoms with E-state index in [0.29, 0.717) is 5.41 Å². The Morgan fingerprint density at radius 2 is 1.90 bits per heavy atom. The highest BCUT2D eigenvalue weighted by Gasteiger charge is 2.09. The maximum atomic E-state index is 2.29. The van der Waals surface area contributed by atoms with E-state index >= 15 is 0 Å². The summed E-state index contributed by atoms with van der Waals surface area (Å²) in [6.45, 7) is 11.0. The quantitative estimate of drug-likeness (QED) is 0.513. The maximum Gasteiger partial charge on any atom is 0.145 e. The van der Waals surface area contributed by atoms with Crippen LogP contribution in [0.15, 0.2) is 11.5 Å². The van der Waals surface area contributed by atoms with Gasteiger partial charge in [-0.15, -0.1) is 5.47 Å². The fourth-order valence-electron chi connectivity index (χ4n) is 0.585. The Balaban J connectivity index is 3.56. The zero-order valence-corrected chi connectivity index (χ0v) is 7.86. The van der Waals surface area contributed by atoms with Crippen molar-refractivity contribution in [2.75, 3.05) is 0 Å². The zero-order chi connectivity index (χ0) is 8.20. The molecule has 0 bridgehead atoms. The highest BCUT2D eigenvalue weighted by atomic mass is 14.1. The Labute approximate surface area is 66.0 Å². The average Bonchev–Trinajstić information content (AvgIpc) is 1.81. The van der Waals surface area contributed by atoms with Crippen LogP contribution in [0.1, 0.15) is 34.6 Å². The smallest absolute Gasteiger partial charge is 0.116 e. The van der Waals surface area contributed by atoms with Crippen LogP contribution in [0.4, 0.5) is 0 Å². The average molecular weight is 137 g/mol. The van der Waals surface area contributed by atoms with Crippen molar-refractivity contribution < 1.29 is 0 Å². The lowest BCUT2D eigenvalue weighted by Gasteiger charge is -2.16. The second-order valence-corrected chi connectivity index (χ2v) is 4.00. The first kappa shape index (κ1) is 9.80. The van der Waals surface area contributed by atoms with E-state index in [4.69, 9.17) is 0 Å². The van der Waals surface area contributed by atoms with Gasteiger partial charge in [0.25, 0.3) is 0 Å². The Morgan fingerprint density at radius 1 is 1.40 bits per heavy atom. The summed E-state index contributed by atoms with van der Waals surface area (Å²) in [5, 5.41) is 0. The predicted molar refractivity (Wildman–Crippen MR) is 49.4 cm³/mol. The van der Waals surface area contributed by atoms with Crippen LogP contribution in [0.2, 0.25) is 6.32 Å². The summed E-state index contributed by atoms with van der Waals surface area (Å²) in [5.74, 6) is 0. The molecular formula is C9H18B. The number of allylic oxidation sites excluding steroid dienone is 2. The summed E-state index contributed by atoms with van der Waals surface area (Å²) in [5.41, 5.74) is 1.82. The molecule has 0 aromatic carbocycles. The van der Waals surface area contributed by atoms with Gasteiger partial charge in [0.05, 0.1) is 0 Å². The molecule has 0 fully saturated rings. The van der Waals surface area contributed by atoms with Gasteiger partial charge < -0.3 is 0 Å². The minimum absolute atomic E-state index is 0.435. The molecule has 0 heterocycles. The van der Waals surface area contributed by atoms with Crippen LogP contribution < -0.4 is 0 Å². The van der Waals surface area contributed by atoms with Crippen molar-refractivity contribution in [1.29, 1.82) is 0 Å². The standard InChI is InChI=1S/C9H18B/c1-6-8(2)10-7-9(3,4)5/h6H,7H2,1-5H3/b8-6+. The Hall–Kier alpha value is -0.195. The highest BCUT2D eigenvalue weighted by molar-refractivity contribution is 6.45. The molecule has 0 aromatic heterocycles. The van der Waals surface area contributed by atoms with Crippen molar-refractivity contribution >= 4 is 7.28 Å². The zero-order valence-electron chi connectivity index (χ0n) is 7.86. The molecule has 0 amide bonds. The summed E-state index contributed by atoms with van der Waals surface area (Å²) in [4.78, 5) is 0. The van der Waals surface area contributed by atoms with Crippen molar-refractivity contribution in [2.24, 2.45) is 5.41 Å². The topological polar surface area (TPSA) is 0 Å². The van der Waals surface area contributed by atoms with Crippen LogP contribution in [-0.4, -0.2) is 7.28 Å². The van der Waals surface area contributed by atoms with Gasteiger partial charge in [-0.25, -0.2) is 0 Å². The first-order valence-electron chi connectivity index (χ1n) is 3.92. The van der Waals surface area contributed by atoms with Crippen molar-refractivity contribution in [1.82, 2.24) is 0 Å². The van der Waals surface area contributed by atoms with Crippen LogP contribution in [0, 0.1) is 5.41 Å². The van der Waals surface area contributed by atoms with Crippen molar-refractivity contribution in [3.05, 3.63) is 11.5 Å². The summed E-state index contributed by atoms with van der Waals surface area (Å²) < 4.78 is 0. The molecule has 0 aromatic rings. The molecule has 0 aliphatic rings. The molecule has 1 heteroatoms.